The Morgan fingerprint density at radius 2 is 1.26 bits per heavy atom. The predicted octanol–water partition coefficient (Wildman–Crippen LogP) is 2.38. The summed E-state index contributed by atoms with van der Waals surface area (Å²) in [5, 5.41) is 0. The van der Waals surface area contributed by atoms with Crippen LogP contribution in [0.3, 0.4) is 0 Å². The summed E-state index contributed by atoms with van der Waals surface area (Å²) in [6.45, 7) is 3.59. The van der Waals surface area contributed by atoms with Crippen LogP contribution in [0.25, 0.3) is 0 Å². The summed E-state index contributed by atoms with van der Waals surface area (Å²) in [4.78, 5) is 0. The standard InChI is InChI=1S/C9H15O6S.3C6H5.Sn/c1-5-6(15-16(4,10)11)7-8(12-5)14-9(2,3)13-7;3*1-2-4-6-5-3-1;/h5-8H,1H2,2-4H3;3*1-5H;/t5-,6+,7-,8-;;;;/m1..../s1. The van der Waals surface area contributed by atoms with Gasteiger partial charge >= 0.3 is 212 Å². The molecule has 4 atom stereocenters. The number of benzene rings is 3. The third-order valence-corrected chi connectivity index (χ3v) is 21.4. The van der Waals surface area contributed by atoms with Crippen LogP contribution in [0.1, 0.15) is 13.8 Å². The van der Waals surface area contributed by atoms with E-state index in [9.17, 15) is 8.42 Å². The van der Waals surface area contributed by atoms with Gasteiger partial charge in [0.2, 0.25) is 0 Å². The van der Waals surface area contributed by atoms with E-state index < -0.39 is 58.9 Å². The average molecular weight is 601 g/mol. The first kappa shape index (κ1) is 24.9. The van der Waals surface area contributed by atoms with Crippen molar-refractivity contribution in [2.75, 3.05) is 6.26 Å². The maximum atomic E-state index is 12.3. The zero-order valence-electron chi connectivity index (χ0n) is 20.0. The molecule has 35 heavy (non-hydrogen) atoms. The molecule has 8 heteroatoms. The second kappa shape index (κ2) is 9.61. The quantitative estimate of drug-likeness (QED) is 0.306. The molecule has 0 amide bonds. The molecule has 0 bridgehead atoms. The van der Waals surface area contributed by atoms with E-state index in [0.29, 0.717) is 4.44 Å². The fourth-order valence-corrected chi connectivity index (χ4v) is 20.0. The van der Waals surface area contributed by atoms with Gasteiger partial charge < -0.3 is 0 Å². The van der Waals surface area contributed by atoms with Crippen LogP contribution < -0.4 is 10.7 Å². The van der Waals surface area contributed by atoms with Gasteiger partial charge in [-0.1, -0.05) is 0 Å². The minimum atomic E-state index is -3.76. The van der Waals surface area contributed by atoms with E-state index in [1.807, 2.05) is 18.2 Å². The van der Waals surface area contributed by atoms with E-state index in [1.54, 1.807) is 13.8 Å². The fraction of sp³-hybridized carbons (Fsp3) is 0.333. The predicted molar refractivity (Wildman–Crippen MR) is 137 cm³/mol. The first-order valence-corrected chi connectivity index (χ1v) is 19.9. The number of fused-ring (bicyclic) bond motifs is 1. The Labute approximate surface area is 211 Å². The summed E-state index contributed by atoms with van der Waals surface area (Å²) in [6.07, 6.45) is -1.57. The molecule has 2 aliphatic heterocycles. The number of ether oxygens (including phenoxy) is 3. The second-order valence-corrected chi connectivity index (χ2v) is 22.5. The first-order chi connectivity index (χ1) is 16.7. The molecule has 0 N–H and O–H groups in total. The van der Waals surface area contributed by atoms with Crippen LogP contribution in [0, 0.1) is 0 Å². The van der Waals surface area contributed by atoms with Gasteiger partial charge in [0.15, 0.2) is 0 Å². The molecule has 0 saturated carbocycles. The second-order valence-electron chi connectivity index (χ2n) is 9.62. The van der Waals surface area contributed by atoms with E-state index in [1.165, 1.54) is 10.7 Å². The Morgan fingerprint density at radius 3 is 1.69 bits per heavy atom. The number of hydrogen-bond acceptors (Lipinski definition) is 6. The van der Waals surface area contributed by atoms with Crippen molar-refractivity contribution in [1.82, 2.24) is 0 Å². The normalized spacial score (nSPS) is 25.9. The number of rotatable bonds is 7. The molecule has 2 aliphatic rings. The Kier molecular flexibility index (Phi) is 6.84. The van der Waals surface area contributed by atoms with Crippen molar-refractivity contribution < 1.29 is 26.8 Å². The van der Waals surface area contributed by atoms with Crippen molar-refractivity contribution in [3.8, 4) is 0 Å². The molecule has 3 aromatic carbocycles. The molecule has 0 aromatic heterocycles. The van der Waals surface area contributed by atoms with Crippen LogP contribution in [0.2, 0.25) is 4.44 Å². The zero-order valence-corrected chi connectivity index (χ0v) is 23.7. The molecular formula is C27H30O6SSn. The van der Waals surface area contributed by atoms with Crippen LogP contribution >= 0.6 is 0 Å². The number of hydrogen-bond donors (Lipinski definition) is 0. The summed E-state index contributed by atoms with van der Waals surface area (Å²) in [6, 6.07) is 31.6. The van der Waals surface area contributed by atoms with Crippen LogP contribution in [-0.2, 0) is 28.5 Å². The Balaban J connectivity index is 1.65. The topological polar surface area (TPSA) is 71.1 Å². The van der Waals surface area contributed by atoms with E-state index >= 15 is 0 Å². The van der Waals surface area contributed by atoms with Crippen LogP contribution in [0.4, 0.5) is 0 Å². The van der Waals surface area contributed by atoms with Gasteiger partial charge in [0.05, 0.1) is 0 Å². The molecule has 0 unspecified atom stereocenters. The molecule has 3 aromatic rings. The van der Waals surface area contributed by atoms with Gasteiger partial charge in [-0.05, 0) is 0 Å². The summed E-state index contributed by atoms with van der Waals surface area (Å²) in [7, 11) is -3.76. The van der Waals surface area contributed by atoms with E-state index in [2.05, 4.69) is 72.8 Å². The van der Waals surface area contributed by atoms with Gasteiger partial charge in [-0.15, -0.1) is 0 Å². The Bertz CT molecular complexity index is 1150. The molecular weight excluding hydrogens is 571 g/mol. The van der Waals surface area contributed by atoms with Gasteiger partial charge in [-0.25, -0.2) is 0 Å². The molecule has 2 fully saturated rings. The van der Waals surface area contributed by atoms with Crippen molar-refractivity contribution in [1.29, 1.82) is 0 Å². The molecule has 2 heterocycles. The van der Waals surface area contributed by atoms with Gasteiger partial charge in [-0.2, -0.15) is 0 Å². The van der Waals surface area contributed by atoms with Gasteiger partial charge in [0, 0.05) is 0 Å². The van der Waals surface area contributed by atoms with E-state index in [0.717, 1.165) is 6.26 Å². The third-order valence-electron chi connectivity index (χ3n) is 6.68. The van der Waals surface area contributed by atoms with E-state index in [-0.39, 0.29) is 0 Å². The van der Waals surface area contributed by atoms with Crippen molar-refractivity contribution in [2.24, 2.45) is 0 Å². The SMILES string of the molecule is CC1(C)O[C@H]2O[C@H]([CH2][Sn]([c]3ccccc3)([c]3ccccc3)[c]3ccccc3)[C@H](OS(C)(=O)=O)[C@H]2O1. The van der Waals surface area contributed by atoms with Crippen molar-refractivity contribution in [3.63, 3.8) is 0 Å². The average Bonchev–Trinajstić information content (AvgIpc) is 3.29. The van der Waals surface area contributed by atoms with Crippen LogP contribution in [0.5, 0.6) is 0 Å². The summed E-state index contributed by atoms with van der Waals surface area (Å²) in [5.41, 5.74) is 0. The summed E-state index contributed by atoms with van der Waals surface area (Å²) in [5.74, 6) is -0.877. The van der Waals surface area contributed by atoms with Gasteiger partial charge in [0.25, 0.3) is 0 Å². The first-order valence-electron chi connectivity index (χ1n) is 11.7. The Morgan fingerprint density at radius 1 is 0.800 bits per heavy atom. The van der Waals surface area contributed by atoms with Crippen LogP contribution in [0.15, 0.2) is 91.0 Å². The molecule has 0 spiro atoms. The molecule has 0 radical (unpaired) electrons. The fourth-order valence-electron chi connectivity index (χ4n) is 5.35. The van der Waals surface area contributed by atoms with Crippen molar-refractivity contribution >= 4 is 39.2 Å². The molecule has 5 rings (SSSR count). The molecule has 0 aliphatic carbocycles. The zero-order chi connectivity index (χ0) is 24.7. The van der Waals surface area contributed by atoms with Crippen LogP contribution in [-0.4, -0.2) is 63.4 Å². The monoisotopic (exact) mass is 602 g/mol. The summed E-state index contributed by atoms with van der Waals surface area (Å²) < 4.78 is 53.2. The molecule has 2 saturated heterocycles. The third kappa shape index (κ3) is 5.08. The maximum absolute atomic E-state index is 12.3. The summed E-state index contributed by atoms with van der Waals surface area (Å²) >= 11 is -3.76. The van der Waals surface area contributed by atoms with E-state index in [4.69, 9.17) is 18.4 Å². The minimum absolute atomic E-state index is 0.521. The Hall–Kier alpha value is -1.75. The van der Waals surface area contributed by atoms with Gasteiger partial charge in [-0.3, -0.25) is 0 Å². The molecule has 6 nitrogen and oxygen atoms in total. The molecule has 184 valence electrons. The van der Waals surface area contributed by atoms with Crippen molar-refractivity contribution in [3.05, 3.63) is 91.0 Å². The van der Waals surface area contributed by atoms with Crippen molar-refractivity contribution in [2.45, 2.75) is 48.7 Å². The van der Waals surface area contributed by atoms with Gasteiger partial charge in [0.1, 0.15) is 0 Å².